The molecule has 156 valence electrons. The average molecular weight is 417 g/mol. The molecule has 0 saturated carbocycles. The smallest absolute Gasteiger partial charge is 0.211 e. The number of fused-ring (bicyclic) bond motifs is 2. The number of likely N-dealkylation sites (N-methyl/N-ethyl adjacent to an activating group) is 1. The summed E-state index contributed by atoms with van der Waals surface area (Å²) in [4.78, 5) is 15.0. The number of ether oxygens (including phenoxy) is 1. The van der Waals surface area contributed by atoms with Gasteiger partial charge in [0, 0.05) is 35.5 Å². The van der Waals surface area contributed by atoms with Crippen molar-refractivity contribution in [3.8, 4) is 5.75 Å². The SMILES string of the molecule is CN1c2ccc(C(=O)c3ccccc3)cc2C(C)(C)C12C=Cc1cc(F)c(F)cc1O2. The van der Waals surface area contributed by atoms with E-state index in [1.807, 2.05) is 68.3 Å². The van der Waals surface area contributed by atoms with Crippen LogP contribution in [0.2, 0.25) is 0 Å². The average Bonchev–Trinajstić information content (AvgIpc) is 2.93. The van der Waals surface area contributed by atoms with E-state index < -0.39 is 22.8 Å². The second kappa shape index (κ2) is 6.51. The Morgan fingerprint density at radius 2 is 1.65 bits per heavy atom. The first kappa shape index (κ1) is 19.5. The van der Waals surface area contributed by atoms with Crippen molar-refractivity contribution in [1.29, 1.82) is 0 Å². The van der Waals surface area contributed by atoms with Gasteiger partial charge in [-0.25, -0.2) is 8.78 Å². The Morgan fingerprint density at radius 1 is 0.935 bits per heavy atom. The van der Waals surface area contributed by atoms with Gasteiger partial charge >= 0.3 is 0 Å². The standard InChI is InChI=1S/C26H21F2NO2/c1-25(2)19-13-18(24(30)16-7-5-4-6-8-16)9-10-22(19)29(3)26(25)12-11-17-14-20(27)21(28)15-23(17)31-26/h4-15H,1-3H3. The van der Waals surface area contributed by atoms with E-state index >= 15 is 0 Å². The zero-order chi connectivity index (χ0) is 22.0. The number of carbonyl (C=O) groups excluding carboxylic acids is 1. The van der Waals surface area contributed by atoms with Crippen molar-refractivity contribution in [1.82, 2.24) is 0 Å². The molecule has 0 bridgehead atoms. The maximum absolute atomic E-state index is 13.9. The lowest BCUT2D eigenvalue weighted by molar-refractivity contribution is 0.0576. The Labute approximate surface area is 179 Å². The van der Waals surface area contributed by atoms with Crippen LogP contribution in [0.3, 0.4) is 0 Å². The molecule has 2 aliphatic heterocycles. The summed E-state index contributed by atoms with van der Waals surface area (Å²) in [5.41, 5.74) is 2.06. The van der Waals surface area contributed by atoms with Crippen molar-refractivity contribution in [2.75, 3.05) is 11.9 Å². The summed E-state index contributed by atoms with van der Waals surface area (Å²) < 4.78 is 33.9. The second-order valence-corrected chi connectivity index (χ2v) is 8.55. The fourth-order valence-electron chi connectivity index (χ4n) is 4.70. The monoisotopic (exact) mass is 417 g/mol. The van der Waals surface area contributed by atoms with Gasteiger partial charge in [-0.05, 0) is 55.8 Å². The van der Waals surface area contributed by atoms with E-state index in [2.05, 4.69) is 0 Å². The van der Waals surface area contributed by atoms with Crippen LogP contribution in [0.1, 0.15) is 40.9 Å². The number of rotatable bonds is 2. The van der Waals surface area contributed by atoms with Gasteiger partial charge in [0.2, 0.25) is 5.72 Å². The molecule has 0 radical (unpaired) electrons. The molecule has 0 aliphatic carbocycles. The van der Waals surface area contributed by atoms with E-state index in [1.54, 1.807) is 18.2 Å². The van der Waals surface area contributed by atoms with Crippen LogP contribution in [0.4, 0.5) is 14.5 Å². The number of hydrogen-bond acceptors (Lipinski definition) is 3. The van der Waals surface area contributed by atoms with Crippen LogP contribution < -0.4 is 9.64 Å². The maximum Gasteiger partial charge on any atom is 0.211 e. The Kier molecular flexibility index (Phi) is 4.09. The van der Waals surface area contributed by atoms with Crippen LogP contribution in [0.5, 0.6) is 5.75 Å². The highest BCUT2D eigenvalue weighted by atomic mass is 19.2. The maximum atomic E-state index is 13.9. The van der Waals surface area contributed by atoms with Crippen molar-refractivity contribution in [2.45, 2.75) is 25.0 Å². The molecule has 3 aromatic rings. The summed E-state index contributed by atoms with van der Waals surface area (Å²) in [5.74, 6) is -1.62. The third kappa shape index (κ3) is 2.66. The molecule has 3 aromatic carbocycles. The first-order valence-electron chi connectivity index (χ1n) is 10.1. The van der Waals surface area contributed by atoms with Gasteiger partial charge < -0.3 is 9.64 Å². The summed E-state index contributed by atoms with van der Waals surface area (Å²) >= 11 is 0. The van der Waals surface area contributed by atoms with Crippen molar-refractivity contribution in [3.63, 3.8) is 0 Å². The number of carbonyl (C=O) groups is 1. The Bertz CT molecular complexity index is 1250. The summed E-state index contributed by atoms with van der Waals surface area (Å²) in [6.07, 6.45) is 3.65. The molecule has 0 amide bonds. The van der Waals surface area contributed by atoms with Gasteiger partial charge in [0.1, 0.15) is 5.75 Å². The van der Waals surface area contributed by atoms with Gasteiger partial charge in [-0.1, -0.05) is 30.3 Å². The van der Waals surface area contributed by atoms with Crippen LogP contribution in [0.25, 0.3) is 6.08 Å². The van der Waals surface area contributed by atoms with Crippen molar-refractivity contribution < 1.29 is 18.3 Å². The predicted octanol–water partition coefficient (Wildman–Crippen LogP) is 5.73. The number of ketones is 1. The summed E-state index contributed by atoms with van der Waals surface area (Å²) in [6, 6.07) is 17.0. The number of halogens is 2. The van der Waals surface area contributed by atoms with Gasteiger partial charge in [-0.15, -0.1) is 0 Å². The van der Waals surface area contributed by atoms with Crippen LogP contribution in [-0.2, 0) is 5.41 Å². The first-order valence-corrected chi connectivity index (χ1v) is 10.1. The third-order valence-electron chi connectivity index (χ3n) is 6.53. The minimum atomic E-state index is -0.948. The molecule has 1 unspecified atom stereocenters. The summed E-state index contributed by atoms with van der Waals surface area (Å²) in [7, 11) is 1.90. The lowest BCUT2D eigenvalue weighted by Crippen LogP contribution is -2.58. The molecule has 0 aromatic heterocycles. The molecule has 0 saturated heterocycles. The highest BCUT2D eigenvalue weighted by Crippen LogP contribution is 2.54. The van der Waals surface area contributed by atoms with E-state index in [4.69, 9.17) is 4.74 Å². The fraction of sp³-hybridized carbons (Fsp3) is 0.192. The topological polar surface area (TPSA) is 29.5 Å². The molecule has 31 heavy (non-hydrogen) atoms. The van der Waals surface area contributed by atoms with E-state index in [1.165, 1.54) is 0 Å². The van der Waals surface area contributed by atoms with E-state index in [-0.39, 0.29) is 11.5 Å². The normalized spacial score (nSPS) is 20.4. The van der Waals surface area contributed by atoms with Crippen LogP contribution in [0, 0.1) is 11.6 Å². The van der Waals surface area contributed by atoms with Gasteiger partial charge in [-0.2, -0.15) is 0 Å². The number of anilines is 1. The van der Waals surface area contributed by atoms with E-state index in [0.717, 1.165) is 23.4 Å². The molecule has 2 aliphatic rings. The Hall–Kier alpha value is -3.47. The molecule has 1 spiro atoms. The van der Waals surface area contributed by atoms with Gasteiger partial charge in [0.05, 0.1) is 5.41 Å². The predicted molar refractivity (Wildman–Crippen MR) is 116 cm³/mol. The number of nitrogens with zero attached hydrogens (tertiary/aromatic N) is 1. The number of hydrogen-bond donors (Lipinski definition) is 0. The van der Waals surface area contributed by atoms with Crippen LogP contribution in [0.15, 0.2) is 66.7 Å². The first-order chi connectivity index (χ1) is 14.7. The lowest BCUT2D eigenvalue weighted by Gasteiger charge is -2.45. The minimum absolute atomic E-state index is 0.0502. The highest BCUT2D eigenvalue weighted by molar-refractivity contribution is 6.09. The van der Waals surface area contributed by atoms with E-state index in [0.29, 0.717) is 16.7 Å². The van der Waals surface area contributed by atoms with Gasteiger partial charge in [0.25, 0.3) is 0 Å². The lowest BCUT2D eigenvalue weighted by atomic mass is 9.76. The van der Waals surface area contributed by atoms with Crippen LogP contribution >= 0.6 is 0 Å². The highest BCUT2D eigenvalue weighted by Gasteiger charge is 2.57. The molecular weight excluding hydrogens is 396 g/mol. The van der Waals surface area contributed by atoms with Crippen molar-refractivity contribution >= 4 is 17.5 Å². The van der Waals surface area contributed by atoms with Crippen molar-refractivity contribution in [3.05, 3.63) is 101 Å². The van der Waals surface area contributed by atoms with E-state index in [9.17, 15) is 13.6 Å². The Morgan fingerprint density at radius 3 is 2.39 bits per heavy atom. The van der Waals surface area contributed by atoms with Crippen molar-refractivity contribution in [2.24, 2.45) is 0 Å². The zero-order valence-electron chi connectivity index (χ0n) is 17.4. The molecular formula is C26H21F2NO2. The fourth-order valence-corrected chi connectivity index (χ4v) is 4.70. The molecule has 5 rings (SSSR count). The minimum Gasteiger partial charge on any atom is -0.463 e. The molecule has 3 nitrogen and oxygen atoms in total. The largest absolute Gasteiger partial charge is 0.463 e. The van der Waals surface area contributed by atoms with Crippen LogP contribution in [-0.4, -0.2) is 18.6 Å². The summed E-state index contributed by atoms with van der Waals surface area (Å²) in [5, 5.41) is 0. The third-order valence-corrected chi connectivity index (χ3v) is 6.53. The molecule has 1 atom stereocenters. The quantitative estimate of drug-likeness (QED) is 0.499. The number of benzene rings is 3. The summed E-state index contributed by atoms with van der Waals surface area (Å²) in [6.45, 7) is 4.06. The zero-order valence-corrected chi connectivity index (χ0v) is 17.4. The van der Waals surface area contributed by atoms with Gasteiger partial charge in [-0.3, -0.25) is 4.79 Å². The molecule has 0 fully saturated rings. The van der Waals surface area contributed by atoms with Gasteiger partial charge in [0.15, 0.2) is 17.4 Å². The molecule has 2 heterocycles. The molecule has 5 heteroatoms. The second-order valence-electron chi connectivity index (χ2n) is 8.55. The molecule has 0 N–H and O–H groups in total. The Balaban J connectivity index is 1.59.